The zero-order valence-corrected chi connectivity index (χ0v) is 10.2. The molecule has 0 aliphatic rings. The minimum absolute atomic E-state index is 0.350. The van der Waals surface area contributed by atoms with Crippen LogP contribution in [0.25, 0.3) is 0 Å². The summed E-state index contributed by atoms with van der Waals surface area (Å²) in [6.45, 7) is 4.70. The average molecular weight is 240 g/mol. The summed E-state index contributed by atoms with van der Waals surface area (Å²) in [4.78, 5) is 0. The van der Waals surface area contributed by atoms with E-state index >= 15 is 0 Å². The molecule has 2 nitrogen and oxygen atoms in total. The third-order valence-corrected chi connectivity index (χ3v) is 2.49. The number of hydrogen-bond donors (Lipinski definition) is 0. The Labute approximate surface area is 107 Å². The van der Waals surface area contributed by atoms with Gasteiger partial charge in [0.05, 0.1) is 0 Å². The topological polar surface area (TPSA) is 18.5 Å². The van der Waals surface area contributed by atoms with Crippen LogP contribution in [0.1, 0.15) is 11.1 Å². The van der Waals surface area contributed by atoms with E-state index in [1.54, 1.807) is 0 Å². The lowest BCUT2D eigenvalue weighted by molar-refractivity contribution is 0.0215. The Hall–Kier alpha value is -2.22. The highest BCUT2D eigenvalue weighted by Gasteiger charge is 1.98. The van der Waals surface area contributed by atoms with E-state index in [0.29, 0.717) is 19.2 Å². The van der Waals surface area contributed by atoms with Crippen molar-refractivity contribution in [3.05, 3.63) is 84.3 Å². The first-order valence-corrected chi connectivity index (χ1v) is 5.87. The number of ether oxygens (including phenoxy) is 2. The molecule has 0 fully saturated rings. The maximum absolute atomic E-state index is 5.43. The van der Waals surface area contributed by atoms with Crippen molar-refractivity contribution in [2.24, 2.45) is 0 Å². The SMILES string of the molecule is C=C(OCc1ccccc1)OCc1ccccc1. The van der Waals surface area contributed by atoms with Crippen LogP contribution < -0.4 is 0 Å². The minimum atomic E-state index is 0.350. The highest BCUT2D eigenvalue weighted by molar-refractivity contribution is 5.14. The second kappa shape index (κ2) is 6.50. The van der Waals surface area contributed by atoms with Gasteiger partial charge < -0.3 is 9.47 Å². The van der Waals surface area contributed by atoms with Gasteiger partial charge in [-0.05, 0) is 17.7 Å². The standard InChI is InChI=1S/C16H16O2/c1-14(17-12-15-8-4-2-5-9-15)18-13-16-10-6-3-7-11-16/h2-11H,1,12-13H2. The van der Waals surface area contributed by atoms with Crippen molar-refractivity contribution in [3.8, 4) is 0 Å². The van der Waals surface area contributed by atoms with E-state index in [9.17, 15) is 0 Å². The van der Waals surface area contributed by atoms with Gasteiger partial charge in [0.2, 0.25) is 0 Å². The van der Waals surface area contributed by atoms with E-state index in [4.69, 9.17) is 9.47 Å². The molecule has 0 aliphatic heterocycles. The predicted molar refractivity (Wildman–Crippen MR) is 71.6 cm³/mol. The van der Waals surface area contributed by atoms with Crippen molar-refractivity contribution >= 4 is 0 Å². The molecule has 0 N–H and O–H groups in total. The van der Waals surface area contributed by atoms with Gasteiger partial charge in [-0.2, -0.15) is 0 Å². The monoisotopic (exact) mass is 240 g/mol. The van der Waals surface area contributed by atoms with Crippen LogP contribution in [0.15, 0.2) is 73.2 Å². The van der Waals surface area contributed by atoms with Gasteiger partial charge in [0.1, 0.15) is 13.2 Å². The van der Waals surface area contributed by atoms with Crippen molar-refractivity contribution in [1.82, 2.24) is 0 Å². The molecule has 0 bridgehead atoms. The summed E-state index contributed by atoms with van der Waals surface area (Å²) in [5, 5.41) is 0. The van der Waals surface area contributed by atoms with Crippen LogP contribution >= 0.6 is 0 Å². The molecule has 2 rings (SSSR count). The smallest absolute Gasteiger partial charge is 0.272 e. The van der Waals surface area contributed by atoms with Crippen LogP contribution in [-0.2, 0) is 22.7 Å². The largest absolute Gasteiger partial charge is 0.461 e. The van der Waals surface area contributed by atoms with Crippen LogP contribution in [0, 0.1) is 0 Å². The fraction of sp³-hybridized carbons (Fsp3) is 0.125. The summed E-state index contributed by atoms with van der Waals surface area (Å²) >= 11 is 0. The molecule has 0 aliphatic carbocycles. The lowest BCUT2D eigenvalue weighted by atomic mass is 10.2. The summed E-state index contributed by atoms with van der Waals surface area (Å²) in [6, 6.07) is 19.9. The predicted octanol–water partition coefficient (Wildman–Crippen LogP) is 3.89. The van der Waals surface area contributed by atoms with E-state index in [1.807, 2.05) is 60.7 Å². The second-order valence-corrected chi connectivity index (χ2v) is 3.92. The zero-order chi connectivity index (χ0) is 12.6. The molecule has 0 aromatic heterocycles. The Morgan fingerprint density at radius 1 is 0.722 bits per heavy atom. The van der Waals surface area contributed by atoms with Gasteiger partial charge in [-0.25, -0.2) is 0 Å². The van der Waals surface area contributed by atoms with E-state index in [1.165, 1.54) is 0 Å². The van der Waals surface area contributed by atoms with Gasteiger partial charge in [-0.15, -0.1) is 0 Å². The maximum Gasteiger partial charge on any atom is 0.272 e. The van der Waals surface area contributed by atoms with Crippen molar-refractivity contribution in [3.63, 3.8) is 0 Å². The number of hydrogen-bond acceptors (Lipinski definition) is 2. The van der Waals surface area contributed by atoms with Crippen LogP contribution in [0.3, 0.4) is 0 Å². The molecule has 18 heavy (non-hydrogen) atoms. The number of rotatable bonds is 6. The minimum Gasteiger partial charge on any atom is -0.461 e. The third kappa shape index (κ3) is 3.98. The fourth-order valence-corrected chi connectivity index (χ4v) is 1.52. The molecule has 0 heterocycles. The summed E-state index contributed by atoms with van der Waals surface area (Å²) < 4.78 is 10.9. The summed E-state index contributed by atoms with van der Waals surface area (Å²) in [5.41, 5.74) is 2.20. The molecule has 0 amide bonds. The Kier molecular flexibility index (Phi) is 4.42. The molecular formula is C16H16O2. The lowest BCUT2D eigenvalue weighted by Gasteiger charge is -2.10. The van der Waals surface area contributed by atoms with Crippen LogP contribution in [0.2, 0.25) is 0 Å². The van der Waals surface area contributed by atoms with E-state index < -0.39 is 0 Å². The van der Waals surface area contributed by atoms with Crippen molar-refractivity contribution in [2.45, 2.75) is 13.2 Å². The third-order valence-electron chi connectivity index (χ3n) is 2.49. The number of benzene rings is 2. The molecule has 0 radical (unpaired) electrons. The second-order valence-electron chi connectivity index (χ2n) is 3.92. The highest BCUT2D eigenvalue weighted by Crippen LogP contribution is 2.08. The van der Waals surface area contributed by atoms with Gasteiger partial charge in [0, 0.05) is 0 Å². The Morgan fingerprint density at radius 3 is 1.50 bits per heavy atom. The van der Waals surface area contributed by atoms with Gasteiger partial charge in [-0.1, -0.05) is 60.7 Å². The Balaban J connectivity index is 1.73. The summed E-state index contributed by atoms with van der Waals surface area (Å²) in [7, 11) is 0. The molecule has 0 atom stereocenters. The molecule has 2 aromatic carbocycles. The van der Waals surface area contributed by atoms with Crippen LogP contribution in [0.5, 0.6) is 0 Å². The van der Waals surface area contributed by atoms with Crippen molar-refractivity contribution in [2.75, 3.05) is 0 Å². The molecule has 0 unspecified atom stereocenters. The summed E-state index contributed by atoms with van der Waals surface area (Å²) in [5.74, 6) is 0.350. The van der Waals surface area contributed by atoms with Crippen molar-refractivity contribution < 1.29 is 9.47 Å². The quantitative estimate of drug-likeness (QED) is 0.713. The van der Waals surface area contributed by atoms with Gasteiger partial charge >= 0.3 is 0 Å². The molecule has 0 saturated carbocycles. The zero-order valence-electron chi connectivity index (χ0n) is 10.2. The lowest BCUT2D eigenvalue weighted by Crippen LogP contribution is -1.98. The molecule has 0 saturated heterocycles. The van der Waals surface area contributed by atoms with Crippen molar-refractivity contribution in [1.29, 1.82) is 0 Å². The normalized spacial score (nSPS) is 9.78. The molecule has 92 valence electrons. The van der Waals surface area contributed by atoms with Crippen LogP contribution in [0.4, 0.5) is 0 Å². The first-order chi connectivity index (χ1) is 8.84. The Morgan fingerprint density at radius 2 is 1.11 bits per heavy atom. The van der Waals surface area contributed by atoms with E-state index in [-0.39, 0.29) is 0 Å². The molecule has 2 heteroatoms. The summed E-state index contributed by atoms with van der Waals surface area (Å²) in [6.07, 6.45) is 0. The first-order valence-electron chi connectivity index (χ1n) is 5.87. The fourth-order valence-electron chi connectivity index (χ4n) is 1.52. The van der Waals surface area contributed by atoms with E-state index in [0.717, 1.165) is 11.1 Å². The van der Waals surface area contributed by atoms with Gasteiger partial charge in [0.25, 0.3) is 5.95 Å². The van der Waals surface area contributed by atoms with Gasteiger partial charge in [-0.3, -0.25) is 0 Å². The maximum atomic E-state index is 5.43. The Bertz CT molecular complexity index is 431. The molecule has 2 aromatic rings. The molecular weight excluding hydrogens is 224 g/mol. The van der Waals surface area contributed by atoms with Crippen LogP contribution in [-0.4, -0.2) is 0 Å². The highest BCUT2D eigenvalue weighted by atomic mass is 16.7. The molecule has 0 spiro atoms. The van der Waals surface area contributed by atoms with E-state index in [2.05, 4.69) is 6.58 Å². The first kappa shape index (κ1) is 12.2. The average Bonchev–Trinajstić information content (AvgIpc) is 2.45. The van der Waals surface area contributed by atoms with Gasteiger partial charge in [0.15, 0.2) is 0 Å².